The Balaban J connectivity index is 0.852. The van der Waals surface area contributed by atoms with Gasteiger partial charge in [0.2, 0.25) is 0 Å². The molecule has 412 valence electrons. The largest absolute Gasteiger partial charge is 0.507 e. The molecule has 16 unspecified atom stereocenters. The maximum atomic E-state index is 13.3. The number of hydrogen-bond donors (Lipinski definition) is 10. The monoisotopic (exact) mass is 1070 g/mol. The van der Waals surface area contributed by atoms with E-state index in [9.17, 15) is 30.6 Å². The number of phenolic OH excluding ortho intramolecular Hbond substituents is 5. The molecular weight excluding hydrogens is 995 g/mol. The normalized spacial score (nSPS) is 37.1. The predicted molar refractivity (Wildman–Crippen MR) is 312 cm³/mol. The number of rotatable bonds is 10. The van der Waals surface area contributed by atoms with Crippen LogP contribution in [0.5, 0.6) is 28.7 Å². The lowest BCUT2D eigenvalue weighted by molar-refractivity contribution is -0.242. The van der Waals surface area contributed by atoms with Gasteiger partial charge in [0.25, 0.3) is 0 Å². The highest BCUT2D eigenvalue weighted by molar-refractivity contribution is 6.03. The van der Waals surface area contributed by atoms with E-state index in [0.717, 1.165) is 44.2 Å². The Labute approximate surface area is 468 Å². The van der Waals surface area contributed by atoms with Crippen LogP contribution in [-0.2, 0) is 18.3 Å². The van der Waals surface area contributed by atoms with E-state index in [0.29, 0.717) is 64.5 Å². The summed E-state index contributed by atoms with van der Waals surface area (Å²) in [5.74, 6) is 1.15. The molecule has 0 radical (unpaired) electrons. The number of benzene rings is 5. The molecule has 0 amide bonds. The smallest absolute Gasteiger partial charge is 0.169 e. The number of allylic oxidation sites excluding steroid dienone is 3. The maximum Gasteiger partial charge on any atom is 0.169 e. The van der Waals surface area contributed by atoms with Crippen LogP contribution in [0.25, 0.3) is 22.9 Å². The van der Waals surface area contributed by atoms with Gasteiger partial charge in [0.15, 0.2) is 23.0 Å². The van der Waals surface area contributed by atoms with E-state index in [2.05, 4.69) is 114 Å². The lowest BCUT2D eigenvalue weighted by Crippen LogP contribution is -2.81. The first-order valence-electron chi connectivity index (χ1n) is 29.9. The van der Waals surface area contributed by atoms with Crippen molar-refractivity contribution in [3.05, 3.63) is 179 Å². The van der Waals surface area contributed by atoms with Gasteiger partial charge in [-0.25, -0.2) is 4.98 Å². The summed E-state index contributed by atoms with van der Waals surface area (Å²) >= 11 is 0. The number of aliphatic hydroxyl groups is 1. The molecule has 9 aliphatic rings. The first kappa shape index (κ1) is 50.3. The third-order valence-electron chi connectivity index (χ3n) is 23.1. The van der Waals surface area contributed by atoms with Crippen molar-refractivity contribution in [1.29, 1.82) is 0 Å². The number of aromatic nitrogens is 2. The summed E-state index contributed by atoms with van der Waals surface area (Å²) in [5, 5.41) is 81.1. The second-order valence-corrected chi connectivity index (χ2v) is 26.1. The van der Waals surface area contributed by atoms with Crippen molar-refractivity contribution in [3.8, 4) is 28.7 Å². The minimum atomic E-state index is -0.580. The molecule has 6 aromatic rings. The number of phenols is 5. The Bertz CT molecular complexity index is 3520. The predicted octanol–water partition coefficient (Wildman–Crippen LogP) is 11.4. The van der Waals surface area contributed by atoms with Crippen LogP contribution in [0.2, 0.25) is 0 Å². The SMILES string of the molecule is CNCC1=CC(c2ccccc2)C2CC3(CC1N2)CC(c1ccc(CCc2c(O)c(O)c4c(O)cccc4c2C=Cc2ccc(O)c(O)c2)cc1)NC1C3CC2CCCC23C2C=CC4CCC5C=CC(O)C(C54C2)C13c1cnc[nH]1. The number of likely N-dealkylation sites (N-methyl/N-ethyl adjacent to an activating group) is 1. The number of aliphatic hydroxyl groups excluding tert-OH is 1. The van der Waals surface area contributed by atoms with Crippen molar-refractivity contribution in [2.75, 3.05) is 13.6 Å². The highest BCUT2D eigenvalue weighted by Crippen LogP contribution is 2.82. The van der Waals surface area contributed by atoms with Crippen LogP contribution in [0.1, 0.15) is 115 Å². The zero-order valence-corrected chi connectivity index (χ0v) is 45.6. The fourth-order valence-electron chi connectivity index (χ4n) is 20.4. The number of hydrogen-bond acceptors (Lipinski definition) is 10. The molecule has 4 heterocycles. The molecule has 4 bridgehead atoms. The van der Waals surface area contributed by atoms with Crippen molar-refractivity contribution < 1.29 is 30.6 Å². The molecule has 16 atom stereocenters. The minimum Gasteiger partial charge on any atom is -0.507 e. The summed E-state index contributed by atoms with van der Waals surface area (Å²) in [6.45, 7) is 0.838. The Hall–Kier alpha value is -6.63. The molecule has 4 saturated carbocycles. The van der Waals surface area contributed by atoms with Crippen LogP contribution in [0, 0.1) is 51.8 Å². The molecule has 3 aliphatic heterocycles. The van der Waals surface area contributed by atoms with Crippen LogP contribution in [0.15, 0.2) is 139 Å². The van der Waals surface area contributed by atoms with Crippen molar-refractivity contribution in [3.63, 3.8) is 0 Å². The van der Waals surface area contributed by atoms with Crippen molar-refractivity contribution >= 4 is 22.9 Å². The van der Waals surface area contributed by atoms with Gasteiger partial charge in [-0.15, -0.1) is 0 Å². The summed E-state index contributed by atoms with van der Waals surface area (Å²) in [6, 6.07) is 30.6. The zero-order valence-electron chi connectivity index (χ0n) is 45.6. The number of aromatic amines is 1. The molecule has 3 spiro atoms. The van der Waals surface area contributed by atoms with Crippen molar-refractivity contribution in [2.45, 2.75) is 119 Å². The number of aryl methyl sites for hydroxylation is 1. The number of piperidine rings is 2. The number of fused-ring (bicyclic) bond motifs is 8. The third kappa shape index (κ3) is 7.08. The van der Waals surface area contributed by atoms with Gasteiger partial charge < -0.3 is 51.6 Å². The van der Waals surface area contributed by atoms with Gasteiger partial charge in [-0.3, -0.25) is 0 Å². The number of nitrogens with one attached hydrogen (secondary N) is 4. The van der Waals surface area contributed by atoms with Crippen LogP contribution < -0.4 is 16.0 Å². The van der Waals surface area contributed by atoms with E-state index in [1.54, 1.807) is 18.2 Å². The Morgan fingerprint density at radius 3 is 2.31 bits per heavy atom. The number of H-pyrrole nitrogens is 1. The average molecular weight is 1070 g/mol. The summed E-state index contributed by atoms with van der Waals surface area (Å²) in [7, 11) is 2.09. The Morgan fingerprint density at radius 1 is 0.725 bits per heavy atom. The van der Waals surface area contributed by atoms with Crippen LogP contribution in [0.4, 0.5) is 0 Å². The van der Waals surface area contributed by atoms with Crippen LogP contribution >= 0.6 is 0 Å². The lowest BCUT2D eigenvalue weighted by atomic mass is 9.28. The first-order valence-corrected chi connectivity index (χ1v) is 29.9. The molecule has 11 heteroatoms. The molecule has 11 nitrogen and oxygen atoms in total. The summed E-state index contributed by atoms with van der Waals surface area (Å²) in [5.41, 5.74) is 7.66. The third-order valence-corrected chi connectivity index (χ3v) is 23.1. The van der Waals surface area contributed by atoms with E-state index >= 15 is 0 Å². The van der Waals surface area contributed by atoms with Gasteiger partial charge >= 0.3 is 0 Å². The van der Waals surface area contributed by atoms with Crippen molar-refractivity contribution in [1.82, 2.24) is 25.9 Å². The molecule has 10 N–H and O–H groups in total. The number of imidazole rings is 1. The van der Waals surface area contributed by atoms with Crippen LogP contribution in [-0.4, -0.2) is 78.4 Å². The molecule has 1 aromatic heterocycles. The molecule has 15 rings (SSSR count). The number of nitrogens with zero attached hydrogens (tertiary/aromatic N) is 1. The van der Waals surface area contributed by atoms with Crippen LogP contribution in [0.3, 0.4) is 0 Å². The van der Waals surface area contributed by atoms with E-state index in [4.69, 9.17) is 10.3 Å². The highest BCUT2D eigenvalue weighted by atomic mass is 16.3. The van der Waals surface area contributed by atoms with Gasteiger partial charge in [0.1, 0.15) is 5.75 Å². The van der Waals surface area contributed by atoms with E-state index in [1.807, 2.05) is 18.5 Å². The first-order chi connectivity index (χ1) is 39.0. The Morgan fingerprint density at radius 2 is 1.52 bits per heavy atom. The molecular formula is C69H75N5O6. The molecule has 6 aliphatic carbocycles. The van der Waals surface area contributed by atoms with Crippen molar-refractivity contribution in [2.24, 2.45) is 51.8 Å². The molecule has 2 saturated heterocycles. The second kappa shape index (κ2) is 18.7. The minimum absolute atomic E-state index is 0.0131. The van der Waals surface area contributed by atoms with Gasteiger partial charge in [0.05, 0.1) is 17.8 Å². The summed E-state index contributed by atoms with van der Waals surface area (Å²) in [4.78, 5) is 8.90. The van der Waals surface area contributed by atoms with Gasteiger partial charge in [-0.2, -0.15) is 0 Å². The maximum absolute atomic E-state index is 13.3. The van der Waals surface area contributed by atoms with Gasteiger partial charge in [0, 0.05) is 65.4 Å². The standard InChI is InChI=1S/C69H75N5O6/c1-70-36-43-30-51(41-7-3-2-4-8-41)55-35-66(34-54(43)73-55)33-53(42-17-12-39(13-18-42)14-25-50-48(24-15-40-16-26-56(75)59(78)29-40)49-10-5-11-57(76)61(49)63(80)62(50)79)74-65-52(66)31-46-9-6-28-68(46)47-22-21-44-19-20-45-23-27-58(77)64(67(44,45)32-47)69(65,68)60-37-71-38-72-60/h2-5,7-8,10-13,15-18,21-24,26-27,29-30,37-38,44-47,51-55,58,64-65,70,73-80H,6,9,14,19-20,25,28,31-36H2,1H3,(H,71,72). The second-order valence-electron chi connectivity index (χ2n) is 26.1. The molecule has 5 aromatic carbocycles. The van der Waals surface area contributed by atoms with E-state index in [-0.39, 0.29) is 86.4 Å². The fourth-order valence-corrected chi connectivity index (χ4v) is 20.4. The summed E-state index contributed by atoms with van der Waals surface area (Å²) in [6.07, 6.45) is 32.2. The topological polar surface area (TPSA) is 186 Å². The quantitative estimate of drug-likeness (QED) is 0.0360. The lowest BCUT2D eigenvalue weighted by Gasteiger charge is -2.77. The molecule has 80 heavy (non-hydrogen) atoms. The Kier molecular flexibility index (Phi) is 11.8. The zero-order chi connectivity index (χ0) is 54.3. The van der Waals surface area contributed by atoms with Gasteiger partial charge in [-0.1, -0.05) is 122 Å². The summed E-state index contributed by atoms with van der Waals surface area (Å²) < 4.78 is 0. The fraction of sp³-hybridized carbons (Fsp3) is 0.435. The van der Waals surface area contributed by atoms with Gasteiger partial charge in [-0.05, 0) is 180 Å². The average Bonchev–Trinajstić information content (AvgIpc) is 3.11. The van der Waals surface area contributed by atoms with E-state index in [1.165, 1.54) is 72.7 Å². The highest BCUT2D eigenvalue weighted by Gasteiger charge is 2.81. The van der Waals surface area contributed by atoms with E-state index < -0.39 is 11.5 Å². The number of aromatic hydroxyl groups is 5. The molecule has 6 fully saturated rings.